The predicted molar refractivity (Wildman–Crippen MR) is 62.0 cm³/mol. The molecule has 4 nitrogen and oxygen atoms in total. The van der Waals surface area contributed by atoms with Gasteiger partial charge in [-0.15, -0.1) is 0 Å². The Hall–Kier alpha value is -1.49. The Morgan fingerprint density at radius 3 is 2.07 bits per heavy atom. The van der Waals surface area contributed by atoms with E-state index < -0.39 is 0 Å². The van der Waals surface area contributed by atoms with Crippen LogP contribution in [0.25, 0.3) is 0 Å². The first-order chi connectivity index (χ1) is 7.15. The van der Waals surface area contributed by atoms with E-state index >= 15 is 0 Å². The Morgan fingerprint density at radius 1 is 1.07 bits per heavy atom. The van der Waals surface area contributed by atoms with E-state index in [1.807, 2.05) is 0 Å². The molecule has 0 aliphatic carbocycles. The van der Waals surface area contributed by atoms with E-state index in [9.17, 15) is 0 Å². The second-order valence-electron chi connectivity index (χ2n) is 2.75. The molecule has 1 aromatic carbocycles. The lowest BCUT2D eigenvalue weighted by atomic mass is 10.1. The lowest BCUT2D eigenvalue weighted by Crippen LogP contribution is -2.11. The zero-order valence-corrected chi connectivity index (χ0v) is 9.68. The molecule has 2 N–H and O–H groups in total. The summed E-state index contributed by atoms with van der Waals surface area (Å²) in [7, 11) is 4.61. The summed E-state index contributed by atoms with van der Waals surface area (Å²) in [6.45, 7) is 0. The van der Waals surface area contributed by atoms with Gasteiger partial charge in [-0.2, -0.15) is 0 Å². The number of hydrogen-bond acceptors (Lipinski definition) is 4. The van der Waals surface area contributed by atoms with Crippen LogP contribution in [0.5, 0.6) is 17.2 Å². The molecule has 0 saturated carbocycles. The average molecular weight is 227 g/mol. The lowest BCUT2D eigenvalue weighted by Gasteiger charge is -2.14. The van der Waals surface area contributed by atoms with E-state index in [-0.39, 0.29) is 4.99 Å². The van der Waals surface area contributed by atoms with Gasteiger partial charge < -0.3 is 19.9 Å². The van der Waals surface area contributed by atoms with E-state index in [0.29, 0.717) is 22.8 Å². The molecule has 0 unspecified atom stereocenters. The van der Waals surface area contributed by atoms with E-state index in [2.05, 4.69) is 0 Å². The maximum Gasteiger partial charge on any atom is 0.204 e. The third kappa shape index (κ3) is 2.12. The number of hydrogen-bond donors (Lipinski definition) is 1. The van der Waals surface area contributed by atoms with Gasteiger partial charge in [0.25, 0.3) is 0 Å². The number of nitrogens with two attached hydrogens (primary N) is 1. The summed E-state index contributed by atoms with van der Waals surface area (Å²) in [5.41, 5.74) is 6.19. The van der Waals surface area contributed by atoms with Crippen LogP contribution in [0.3, 0.4) is 0 Å². The Morgan fingerprint density at radius 2 is 1.67 bits per heavy atom. The normalized spacial score (nSPS) is 9.53. The van der Waals surface area contributed by atoms with Crippen molar-refractivity contribution in [2.45, 2.75) is 0 Å². The summed E-state index contributed by atoms with van der Waals surface area (Å²) in [6.07, 6.45) is 0. The topological polar surface area (TPSA) is 53.7 Å². The number of methoxy groups -OCH3 is 3. The van der Waals surface area contributed by atoms with Crippen molar-refractivity contribution in [1.29, 1.82) is 0 Å². The Kier molecular flexibility index (Phi) is 3.74. The highest BCUT2D eigenvalue weighted by atomic mass is 32.1. The highest BCUT2D eigenvalue weighted by molar-refractivity contribution is 7.80. The number of ether oxygens (including phenoxy) is 3. The third-order valence-corrected chi connectivity index (χ3v) is 2.19. The van der Waals surface area contributed by atoms with Gasteiger partial charge in [-0.25, -0.2) is 0 Å². The average Bonchev–Trinajstić information content (AvgIpc) is 2.26. The second-order valence-corrected chi connectivity index (χ2v) is 3.19. The predicted octanol–water partition coefficient (Wildman–Crippen LogP) is 1.35. The quantitative estimate of drug-likeness (QED) is 0.787. The van der Waals surface area contributed by atoms with Gasteiger partial charge in [-0.1, -0.05) is 12.2 Å². The number of benzene rings is 1. The summed E-state index contributed by atoms with van der Waals surface area (Å²) in [4.78, 5) is 0.257. The molecule has 0 radical (unpaired) electrons. The summed E-state index contributed by atoms with van der Waals surface area (Å²) in [5.74, 6) is 1.56. The molecular formula is C10H13NO3S. The Bertz CT molecular complexity index is 379. The van der Waals surface area contributed by atoms with Crippen molar-refractivity contribution in [3.8, 4) is 17.2 Å². The second kappa shape index (κ2) is 4.84. The third-order valence-electron chi connectivity index (χ3n) is 1.97. The molecule has 5 heteroatoms. The molecule has 0 amide bonds. The van der Waals surface area contributed by atoms with Crippen molar-refractivity contribution >= 4 is 17.2 Å². The van der Waals surface area contributed by atoms with Crippen molar-refractivity contribution in [2.24, 2.45) is 5.73 Å². The molecule has 0 aliphatic rings. The van der Waals surface area contributed by atoms with Crippen LogP contribution in [0.1, 0.15) is 5.56 Å². The van der Waals surface area contributed by atoms with E-state index in [4.69, 9.17) is 32.2 Å². The van der Waals surface area contributed by atoms with Gasteiger partial charge in [0.05, 0.1) is 26.9 Å². The van der Waals surface area contributed by atoms with Crippen LogP contribution in [0.15, 0.2) is 12.1 Å². The first kappa shape index (κ1) is 11.6. The minimum atomic E-state index is 0.257. The van der Waals surface area contributed by atoms with Gasteiger partial charge in [-0.05, 0) is 12.1 Å². The van der Waals surface area contributed by atoms with Gasteiger partial charge in [0.15, 0.2) is 11.5 Å². The molecule has 1 aromatic rings. The van der Waals surface area contributed by atoms with Crippen LogP contribution in [0.2, 0.25) is 0 Å². The summed E-state index contributed by atoms with van der Waals surface area (Å²) in [5, 5.41) is 0. The van der Waals surface area contributed by atoms with E-state index in [0.717, 1.165) is 0 Å². The lowest BCUT2D eigenvalue weighted by molar-refractivity contribution is 0.324. The minimum Gasteiger partial charge on any atom is -0.493 e. The van der Waals surface area contributed by atoms with Crippen LogP contribution in [0.4, 0.5) is 0 Å². The molecule has 0 fully saturated rings. The Labute approximate surface area is 93.9 Å². The van der Waals surface area contributed by atoms with Crippen LogP contribution < -0.4 is 19.9 Å². The van der Waals surface area contributed by atoms with Gasteiger partial charge in [-0.3, -0.25) is 0 Å². The van der Waals surface area contributed by atoms with Gasteiger partial charge in [0, 0.05) is 0 Å². The molecule has 0 aromatic heterocycles. The fourth-order valence-electron chi connectivity index (χ4n) is 1.30. The highest BCUT2D eigenvalue weighted by Gasteiger charge is 2.16. The van der Waals surface area contributed by atoms with Crippen molar-refractivity contribution in [1.82, 2.24) is 0 Å². The molecule has 0 spiro atoms. The fourth-order valence-corrected chi connectivity index (χ4v) is 1.46. The van der Waals surface area contributed by atoms with Crippen LogP contribution in [-0.2, 0) is 0 Å². The van der Waals surface area contributed by atoms with Crippen molar-refractivity contribution in [3.63, 3.8) is 0 Å². The van der Waals surface area contributed by atoms with Crippen LogP contribution >= 0.6 is 12.2 Å². The SMILES string of the molecule is COc1ccc(C(N)=S)c(OC)c1OC. The van der Waals surface area contributed by atoms with Crippen molar-refractivity contribution < 1.29 is 14.2 Å². The summed E-state index contributed by atoms with van der Waals surface area (Å²) < 4.78 is 15.5. The van der Waals surface area contributed by atoms with Crippen molar-refractivity contribution in [3.05, 3.63) is 17.7 Å². The summed E-state index contributed by atoms with van der Waals surface area (Å²) >= 11 is 4.90. The van der Waals surface area contributed by atoms with Crippen LogP contribution in [0, 0.1) is 0 Å². The van der Waals surface area contributed by atoms with Gasteiger partial charge in [0.2, 0.25) is 5.75 Å². The maximum absolute atomic E-state index is 5.56. The first-order valence-electron chi connectivity index (χ1n) is 4.24. The van der Waals surface area contributed by atoms with E-state index in [1.54, 1.807) is 19.2 Å². The zero-order chi connectivity index (χ0) is 11.4. The molecule has 0 saturated heterocycles. The molecule has 0 aliphatic heterocycles. The van der Waals surface area contributed by atoms with E-state index in [1.165, 1.54) is 14.2 Å². The molecular weight excluding hydrogens is 214 g/mol. The standard InChI is InChI=1S/C10H13NO3S/c1-12-7-5-4-6(10(11)15)8(13-2)9(7)14-3/h4-5H,1-3H3,(H2,11,15). The molecule has 15 heavy (non-hydrogen) atoms. The van der Waals surface area contributed by atoms with Gasteiger partial charge in [0.1, 0.15) is 4.99 Å². The zero-order valence-electron chi connectivity index (χ0n) is 8.87. The molecule has 0 atom stereocenters. The molecule has 0 bridgehead atoms. The largest absolute Gasteiger partial charge is 0.493 e. The first-order valence-corrected chi connectivity index (χ1v) is 4.65. The summed E-state index contributed by atoms with van der Waals surface area (Å²) in [6, 6.07) is 3.47. The molecule has 0 heterocycles. The Balaban J connectivity index is 3.40. The fraction of sp³-hybridized carbons (Fsp3) is 0.300. The smallest absolute Gasteiger partial charge is 0.204 e. The van der Waals surface area contributed by atoms with Gasteiger partial charge >= 0.3 is 0 Å². The number of thiocarbonyl (C=S) groups is 1. The molecule has 82 valence electrons. The maximum atomic E-state index is 5.56. The number of rotatable bonds is 4. The monoisotopic (exact) mass is 227 g/mol. The highest BCUT2D eigenvalue weighted by Crippen LogP contribution is 2.39. The minimum absolute atomic E-state index is 0.257. The van der Waals surface area contributed by atoms with Crippen molar-refractivity contribution in [2.75, 3.05) is 21.3 Å². The van der Waals surface area contributed by atoms with Crippen LogP contribution in [-0.4, -0.2) is 26.3 Å². The molecule has 1 rings (SSSR count).